The molecule has 1 aliphatic rings. The first-order chi connectivity index (χ1) is 16.2. The number of amides is 2. The van der Waals surface area contributed by atoms with Gasteiger partial charge in [-0.2, -0.15) is 0 Å². The van der Waals surface area contributed by atoms with E-state index in [0.29, 0.717) is 18.7 Å². The molecule has 1 aliphatic heterocycles. The van der Waals surface area contributed by atoms with Crippen molar-refractivity contribution < 1.29 is 23.9 Å². The van der Waals surface area contributed by atoms with Crippen LogP contribution in [0.5, 0.6) is 0 Å². The third kappa shape index (κ3) is 5.33. The third-order valence-electron chi connectivity index (χ3n) is 6.09. The number of rotatable bonds is 7. The molecule has 0 bridgehead atoms. The Morgan fingerprint density at radius 2 is 1.62 bits per heavy atom. The molecule has 1 fully saturated rings. The summed E-state index contributed by atoms with van der Waals surface area (Å²) in [6, 6.07) is 14.3. The molecule has 8 heteroatoms. The second-order valence-corrected chi connectivity index (χ2v) is 8.41. The lowest BCUT2D eigenvalue weighted by Gasteiger charge is -2.35. The molecular formula is C26H28FN3O4. The molecule has 1 atom stereocenters. The van der Waals surface area contributed by atoms with Crippen LogP contribution in [0, 0.1) is 11.8 Å². The predicted molar refractivity (Wildman–Crippen MR) is 126 cm³/mol. The monoisotopic (exact) mass is 465 g/mol. The number of halogens is 1. The molecule has 34 heavy (non-hydrogen) atoms. The molecule has 2 aromatic carbocycles. The number of likely N-dealkylation sites (N-methyl/N-ethyl adjacent to an activating group) is 2. The summed E-state index contributed by atoms with van der Waals surface area (Å²) in [5.41, 5.74) is 1.07. The second-order valence-electron chi connectivity index (χ2n) is 8.41. The van der Waals surface area contributed by atoms with Crippen molar-refractivity contribution in [1.82, 2.24) is 15.1 Å². The van der Waals surface area contributed by atoms with Crippen LogP contribution in [-0.4, -0.2) is 78.0 Å². The largest absolute Gasteiger partial charge is 0.388 e. The van der Waals surface area contributed by atoms with E-state index in [1.54, 1.807) is 24.3 Å². The summed E-state index contributed by atoms with van der Waals surface area (Å²) < 4.78 is 12.9. The standard InChI is InChI=1S/C26H28FN3O4/c1-26(23(32)17-31,25(34)28-2)29(3)24(33)21-12-10-19(11-13-21)5-4-18-6-8-20(9-7-18)14-30-15-22(27)16-30/h6-13,22,31H,14-17H2,1-3H3,(H,28,34)/t26-/m1/s1. The lowest BCUT2D eigenvalue weighted by Crippen LogP contribution is -2.62. The number of ketones is 1. The highest BCUT2D eigenvalue weighted by molar-refractivity contribution is 6.14. The summed E-state index contributed by atoms with van der Waals surface area (Å²) in [7, 11) is 2.71. The molecule has 7 nitrogen and oxygen atoms in total. The van der Waals surface area contributed by atoms with E-state index in [1.165, 1.54) is 21.0 Å². The molecule has 3 rings (SSSR count). The van der Waals surface area contributed by atoms with Crippen LogP contribution < -0.4 is 5.32 Å². The Labute approximate surface area is 198 Å². The molecule has 2 amide bonds. The normalized spacial score (nSPS) is 15.3. The molecule has 0 unspecified atom stereocenters. The van der Waals surface area contributed by atoms with Gasteiger partial charge in [0.05, 0.1) is 0 Å². The van der Waals surface area contributed by atoms with Gasteiger partial charge in [-0.15, -0.1) is 0 Å². The predicted octanol–water partition coefficient (Wildman–Crippen LogP) is 1.38. The van der Waals surface area contributed by atoms with Crippen molar-refractivity contribution in [1.29, 1.82) is 0 Å². The molecular weight excluding hydrogens is 437 g/mol. The average molecular weight is 466 g/mol. The maximum Gasteiger partial charge on any atom is 0.254 e. The van der Waals surface area contributed by atoms with Crippen molar-refractivity contribution >= 4 is 17.6 Å². The number of aliphatic hydroxyl groups excluding tert-OH is 1. The van der Waals surface area contributed by atoms with Crippen molar-refractivity contribution in [2.24, 2.45) is 0 Å². The van der Waals surface area contributed by atoms with E-state index in [1.807, 2.05) is 29.2 Å². The molecule has 0 radical (unpaired) electrons. The van der Waals surface area contributed by atoms with Gasteiger partial charge in [0, 0.05) is 50.4 Å². The minimum atomic E-state index is -1.84. The van der Waals surface area contributed by atoms with Crippen molar-refractivity contribution in [2.45, 2.75) is 25.2 Å². The summed E-state index contributed by atoms with van der Waals surface area (Å²) in [4.78, 5) is 40.6. The highest BCUT2D eigenvalue weighted by Crippen LogP contribution is 2.19. The fraction of sp³-hybridized carbons (Fsp3) is 0.346. The van der Waals surface area contributed by atoms with Gasteiger partial charge in [0.2, 0.25) is 0 Å². The SMILES string of the molecule is CNC(=O)[C@@](C)(C(=O)CO)N(C)C(=O)c1ccc(C#Cc2ccc(CN3CC(F)C3)cc2)cc1. The van der Waals surface area contributed by atoms with Crippen LogP contribution in [0.1, 0.15) is 34.0 Å². The van der Waals surface area contributed by atoms with Crippen LogP contribution in [-0.2, 0) is 16.1 Å². The van der Waals surface area contributed by atoms with E-state index in [9.17, 15) is 23.9 Å². The maximum absolute atomic E-state index is 12.9. The smallest absolute Gasteiger partial charge is 0.254 e. The zero-order valence-corrected chi connectivity index (χ0v) is 19.5. The number of hydrogen-bond donors (Lipinski definition) is 2. The number of alkyl halides is 1. The Balaban J connectivity index is 1.68. The van der Waals surface area contributed by atoms with Crippen molar-refractivity contribution in [3.05, 3.63) is 70.8 Å². The molecule has 1 heterocycles. The van der Waals surface area contributed by atoms with E-state index >= 15 is 0 Å². The topological polar surface area (TPSA) is 90.0 Å². The highest BCUT2D eigenvalue weighted by Gasteiger charge is 2.46. The van der Waals surface area contributed by atoms with Gasteiger partial charge in [-0.3, -0.25) is 19.3 Å². The van der Waals surface area contributed by atoms with E-state index in [2.05, 4.69) is 17.2 Å². The van der Waals surface area contributed by atoms with Crippen LogP contribution in [0.15, 0.2) is 48.5 Å². The summed E-state index contributed by atoms with van der Waals surface area (Å²) in [5, 5.41) is 11.7. The lowest BCUT2D eigenvalue weighted by molar-refractivity contribution is -0.143. The van der Waals surface area contributed by atoms with Crippen molar-refractivity contribution in [3.63, 3.8) is 0 Å². The van der Waals surface area contributed by atoms with Gasteiger partial charge in [0.25, 0.3) is 11.8 Å². The van der Waals surface area contributed by atoms with Gasteiger partial charge in [-0.25, -0.2) is 4.39 Å². The average Bonchev–Trinajstić information content (AvgIpc) is 2.85. The molecule has 0 aliphatic carbocycles. The quantitative estimate of drug-likeness (QED) is 0.476. The lowest BCUT2D eigenvalue weighted by atomic mass is 9.92. The van der Waals surface area contributed by atoms with Gasteiger partial charge >= 0.3 is 0 Å². The second kappa shape index (κ2) is 10.6. The number of hydrogen-bond acceptors (Lipinski definition) is 5. The number of aliphatic hydroxyl groups is 1. The van der Waals surface area contributed by atoms with E-state index in [-0.39, 0.29) is 5.56 Å². The number of carbonyl (C=O) groups excluding carboxylic acids is 3. The van der Waals surface area contributed by atoms with Crippen LogP contribution >= 0.6 is 0 Å². The third-order valence-corrected chi connectivity index (χ3v) is 6.09. The first-order valence-corrected chi connectivity index (χ1v) is 10.9. The van der Waals surface area contributed by atoms with Gasteiger partial charge in [-0.1, -0.05) is 24.0 Å². The van der Waals surface area contributed by atoms with Crippen molar-refractivity contribution in [2.75, 3.05) is 33.8 Å². The van der Waals surface area contributed by atoms with E-state index in [0.717, 1.165) is 22.6 Å². The minimum absolute atomic E-state index is 0.278. The first-order valence-electron chi connectivity index (χ1n) is 10.9. The van der Waals surface area contributed by atoms with E-state index in [4.69, 9.17) is 0 Å². The van der Waals surface area contributed by atoms with Crippen LogP contribution in [0.3, 0.4) is 0 Å². The number of nitrogens with one attached hydrogen (secondary N) is 1. The fourth-order valence-corrected chi connectivity index (χ4v) is 3.69. The fourth-order valence-electron chi connectivity index (χ4n) is 3.69. The molecule has 2 aromatic rings. The zero-order chi connectivity index (χ0) is 24.9. The number of benzene rings is 2. The highest BCUT2D eigenvalue weighted by atomic mass is 19.1. The van der Waals surface area contributed by atoms with Crippen LogP contribution in [0.4, 0.5) is 4.39 Å². The van der Waals surface area contributed by atoms with Gasteiger partial charge in [0.1, 0.15) is 12.8 Å². The molecule has 0 spiro atoms. The Hall–Kier alpha value is -3.54. The summed E-state index contributed by atoms with van der Waals surface area (Å²) in [6.07, 6.45) is -0.712. The maximum atomic E-state index is 12.9. The first kappa shape index (κ1) is 25.1. The Morgan fingerprint density at radius 3 is 2.09 bits per heavy atom. The number of likely N-dealkylation sites (tertiary alicyclic amines) is 1. The van der Waals surface area contributed by atoms with Crippen LogP contribution in [0.2, 0.25) is 0 Å². The van der Waals surface area contributed by atoms with E-state index < -0.39 is 35.9 Å². The minimum Gasteiger partial charge on any atom is -0.388 e. The van der Waals surface area contributed by atoms with Gasteiger partial charge in [0.15, 0.2) is 11.3 Å². The Morgan fingerprint density at radius 1 is 1.09 bits per heavy atom. The number of Topliss-reactive ketones (excluding diaryl/α,β-unsaturated/α-hetero) is 1. The molecule has 2 N–H and O–H groups in total. The Kier molecular flexibility index (Phi) is 7.82. The molecule has 1 saturated heterocycles. The number of carbonyl (C=O) groups is 3. The molecule has 178 valence electrons. The summed E-state index contributed by atoms with van der Waals surface area (Å²) >= 11 is 0. The molecule has 0 aromatic heterocycles. The summed E-state index contributed by atoms with van der Waals surface area (Å²) in [6.45, 7) is 2.13. The van der Waals surface area contributed by atoms with Gasteiger partial charge in [-0.05, 0) is 48.9 Å². The number of nitrogens with zero attached hydrogens (tertiary/aromatic N) is 2. The van der Waals surface area contributed by atoms with Gasteiger partial charge < -0.3 is 15.3 Å². The van der Waals surface area contributed by atoms with Crippen LogP contribution in [0.25, 0.3) is 0 Å². The Bertz CT molecular complexity index is 1100. The van der Waals surface area contributed by atoms with Crippen molar-refractivity contribution in [3.8, 4) is 11.8 Å². The zero-order valence-electron chi connectivity index (χ0n) is 19.5. The molecule has 0 saturated carbocycles. The summed E-state index contributed by atoms with van der Waals surface area (Å²) in [5.74, 6) is 4.11.